The van der Waals surface area contributed by atoms with Gasteiger partial charge in [0, 0.05) is 19.1 Å². The molecule has 2 aromatic rings. The van der Waals surface area contributed by atoms with E-state index in [0.29, 0.717) is 36.6 Å². The molecule has 0 spiro atoms. The van der Waals surface area contributed by atoms with Gasteiger partial charge in [0.1, 0.15) is 11.8 Å². The van der Waals surface area contributed by atoms with Crippen molar-refractivity contribution >= 4 is 17.0 Å². The van der Waals surface area contributed by atoms with Gasteiger partial charge in [0.2, 0.25) is 0 Å². The maximum Gasteiger partial charge on any atom is 0.165 e. The summed E-state index contributed by atoms with van der Waals surface area (Å²) in [6.45, 7) is 5.50. The second kappa shape index (κ2) is 6.79. The van der Waals surface area contributed by atoms with Crippen LogP contribution in [0.4, 0.5) is 5.82 Å². The van der Waals surface area contributed by atoms with Gasteiger partial charge in [-0.25, -0.2) is 15.0 Å². The predicted molar refractivity (Wildman–Crippen MR) is 79.5 cm³/mol. The summed E-state index contributed by atoms with van der Waals surface area (Å²) in [5.74, 6) is 0.331. The minimum absolute atomic E-state index is 0.0721. The van der Waals surface area contributed by atoms with Gasteiger partial charge in [-0.3, -0.25) is 4.90 Å². The minimum Gasteiger partial charge on any atom is -0.395 e. The number of nitrogens with two attached hydrogens (primary N) is 1. The topological polar surface area (TPSA) is 113 Å². The van der Waals surface area contributed by atoms with Gasteiger partial charge in [0.05, 0.1) is 25.6 Å². The standard InChI is InChI=1S/C13H22N6O2/c1-9(2)18(3-4-20)5-10(21)6-19-8-17-11-12(14)15-7-16-13(11)19/h7-10,20-21H,3-6H2,1-2H3,(H2,14,15,16)/t10-/m1/s1. The fourth-order valence-electron chi connectivity index (χ4n) is 2.28. The second-order valence-corrected chi connectivity index (χ2v) is 5.29. The number of nitrogen functional groups attached to an aromatic ring is 1. The lowest BCUT2D eigenvalue weighted by Crippen LogP contribution is -2.40. The molecule has 0 radical (unpaired) electrons. The quantitative estimate of drug-likeness (QED) is 0.629. The monoisotopic (exact) mass is 294 g/mol. The van der Waals surface area contributed by atoms with Gasteiger partial charge in [0.15, 0.2) is 11.5 Å². The van der Waals surface area contributed by atoms with Crippen LogP contribution in [0.25, 0.3) is 11.2 Å². The number of imidazole rings is 1. The van der Waals surface area contributed by atoms with Crippen molar-refractivity contribution in [2.75, 3.05) is 25.4 Å². The first-order valence-corrected chi connectivity index (χ1v) is 6.97. The number of aliphatic hydroxyl groups excluding tert-OH is 2. The van der Waals surface area contributed by atoms with E-state index in [1.54, 1.807) is 10.9 Å². The third kappa shape index (κ3) is 3.66. The van der Waals surface area contributed by atoms with Gasteiger partial charge in [-0.2, -0.15) is 0 Å². The zero-order chi connectivity index (χ0) is 15.4. The lowest BCUT2D eigenvalue weighted by Gasteiger charge is -2.28. The van der Waals surface area contributed by atoms with Gasteiger partial charge in [0.25, 0.3) is 0 Å². The molecule has 0 aliphatic heterocycles. The molecule has 1 atom stereocenters. The Morgan fingerprint density at radius 2 is 2.10 bits per heavy atom. The number of hydrogen-bond donors (Lipinski definition) is 3. The van der Waals surface area contributed by atoms with Gasteiger partial charge < -0.3 is 20.5 Å². The Morgan fingerprint density at radius 1 is 1.33 bits per heavy atom. The summed E-state index contributed by atoms with van der Waals surface area (Å²) in [5.41, 5.74) is 6.89. The summed E-state index contributed by atoms with van der Waals surface area (Å²) in [4.78, 5) is 14.2. The van der Waals surface area contributed by atoms with Crippen LogP contribution in [0.3, 0.4) is 0 Å². The zero-order valence-electron chi connectivity index (χ0n) is 12.3. The summed E-state index contributed by atoms with van der Waals surface area (Å²) in [6.07, 6.45) is 2.39. The Bertz CT molecular complexity index is 585. The molecule has 4 N–H and O–H groups in total. The maximum absolute atomic E-state index is 10.2. The fraction of sp³-hybridized carbons (Fsp3) is 0.615. The number of aliphatic hydroxyl groups is 2. The van der Waals surface area contributed by atoms with E-state index in [1.807, 2.05) is 18.7 Å². The van der Waals surface area contributed by atoms with E-state index >= 15 is 0 Å². The summed E-state index contributed by atoms with van der Waals surface area (Å²) in [5, 5.41) is 19.3. The first-order valence-electron chi connectivity index (χ1n) is 6.97. The van der Waals surface area contributed by atoms with Crippen LogP contribution in [-0.4, -0.2) is 66.5 Å². The van der Waals surface area contributed by atoms with Crippen LogP contribution < -0.4 is 5.73 Å². The van der Waals surface area contributed by atoms with Crippen LogP contribution in [-0.2, 0) is 6.54 Å². The van der Waals surface area contributed by atoms with E-state index in [4.69, 9.17) is 10.8 Å². The van der Waals surface area contributed by atoms with Crippen molar-refractivity contribution in [3.63, 3.8) is 0 Å². The molecular formula is C13H22N6O2. The Hall–Kier alpha value is -1.77. The predicted octanol–water partition coefficient (Wildman–Crippen LogP) is -0.528. The molecule has 0 saturated carbocycles. The number of aromatic nitrogens is 4. The summed E-state index contributed by atoms with van der Waals surface area (Å²) in [6, 6.07) is 0.254. The first-order chi connectivity index (χ1) is 10.0. The lowest BCUT2D eigenvalue weighted by molar-refractivity contribution is 0.0724. The summed E-state index contributed by atoms with van der Waals surface area (Å²) < 4.78 is 1.76. The van der Waals surface area contributed by atoms with Gasteiger partial charge in [-0.05, 0) is 13.8 Å². The van der Waals surface area contributed by atoms with Crippen molar-refractivity contribution in [2.24, 2.45) is 0 Å². The Labute approximate surface area is 123 Å². The van der Waals surface area contributed by atoms with Crippen molar-refractivity contribution in [3.05, 3.63) is 12.7 Å². The molecule has 0 saturated heterocycles. The van der Waals surface area contributed by atoms with Crippen LogP contribution >= 0.6 is 0 Å². The zero-order valence-corrected chi connectivity index (χ0v) is 12.3. The molecule has 116 valence electrons. The van der Waals surface area contributed by atoms with Gasteiger partial charge in [-0.1, -0.05) is 0 Å². The highest BCUT2D eigenvalue weighted by Crippen LogP contribution is 2.14. The number of nitrogens with zero attached hydrogens (tertiary/aromatic N) is 5. The molecule has 2 heterocycles. The van der Waals surface area contributed by atoms with Crippen LogP contribution in [0, 0.1) is 0 Å². The Balaban J connectivity index is 2.07. The average molecular weight is 294 g/mol. The van der Waals surface area contributed by atoms with Gasteiger partial charge >= 0.3 is 0 Å². The van der Waals surface area contributed by atoms with Crippen LogP contribution in [0.5, 0.6) is 0 Å². The van der Waals surface area contributed by atoms with Crippen molar-refractivity contribution in [1.82, 2.24) is 24.4 Å². The van der Waals surface area contributed by atoms with E-state index in [-0.39, 0.29) is 12.6 Å². The number of fused-ring (bicyclic) bond motifs is 1. The molecule has 21 heavy (non-hydrogen) atoms. The molecule has 0 aliphatic rings. The van der Waals surface area contributed by atoms with E-state index in [2.05, 4.69) is 15.0 Å². The van der Waals surface area contributed by atoms with Crippen molar-refractivity contribution in [3.8, 4) is 0 Å². The summed E-state index contributed by atoms with van der Waals surface area (Å²) >= 11 is 0. The normalized spacial score (nSPS) is 13.4. The molecule has 0 amide bonds. The molecule has 8 nitrogen and oxygen atoms in total. The largest absolute Gasteiger partial charge is 0.395 e. The molecule has 0 fully saturated rings. The molecule has 8 heteroatoms. The Kier molecular flexibility index (Phi) is 5.05. The van der Waals surface area contributed by atoms with E-state index < -0.39 is 6.10 Å². The van der Waals surface area contributed by atoms with Crippen molar-refractivity contribution in [2.45, 2.75) is 32.5 Å². The maximum atomic E-state index is 10.2. The molecule has 0 aliphatic carbocycles. The Morgan fingerprint density at radius 3 is 2.76 bits per heavy atom. The highest BCUT2D eigenvalue weighted by Gasteiger charge is 2.16. The number of hydrogen-bond acceptors (Lipinski definition) is 7. The van der Waals surface area contributed by atoms with Crippen LogP contribution in [0.15, 0.2) is 12.7 Å². The van der Waals surface area contributed by atoms with E-state index in [1.165, 1.54) is 6.33 Å². The fourth-order valence-corrected chi connectivity index (χ4v) is 2.28. The van der Waals surface area contributed by atoms with Crippen LogP contribution in [0.1, 0.15) is 13.8 Å². The first kappa shape index (κ1) is 15.6. The van der Waals surface area contributed by atoms with E-state index in [0.717, 1.165) is 0 Å². The smallest absolute Gasteiger partial charge is 0.165 e. The SMILES string of the molecule is CC(C)N(CCO)C[C@@H](O)Cn1cnc2c(N)ncnc21. The molecular weight excluding hydrogens is 272 g/mol. The third-order valence-electron chi connectivity index (χ3n) is 3.40. The van der Waals surface area contributed by atoms with Gasteiger partial charge in [-0.15, -0.1) is 0 Å². The molecule has 0 unspecified atom stereocenters. The summed E-state index contributed by atoms with van der Waals surface area (Å²) in [7, 11) is 0. The average Bonchev–Trinajstić information content (AvgIpc) is 2.83. The van der Waals surface area contributed by atoms with Crippen LogP contribution in [0.2, 0.25) is 0 Å². The van der Waals surface area contributed by atoms with Crippen molar-refractivity contribution in [1.29, 1.82) is 0 Å². The highest BCUT2D eigenvalue weighted by atomic mass is 16.3. The highest BCUT2D eigenvalue weighted by molar-refractivity contribution is 5.81. The third-order valence-corrected chi connectivity index (χ3v) is 3.40. The van der Waals surface area contributed by atoms with Crippen molar-refractivity contribution < 1.29 is 10.2 Å². The lowest BCUT2D eigenvalue weighted by atomic mass is 10.2. The number of anilines is 1. The molecule has 0 aromatic carbocycles. The molecule has 2 rings (SSSR count). The minimum atomic E-state index is -0.590. The number of rotatable bonds is 7. The van der Waals surface area contributed by atoms with E-state index in [9.17, 15) is 5.11 Å². The molecule has 0 bridgehead atoms. The molecule has 2 aromatic heterocycles. The second-order valence-electron chi connectivity index (χ2n) is 5.29.